The first kappa shape index (κ1) is 13.6. The van der Waals surface area contributed by atoms with Crippen molar-refractivity contribution in [3.8, 4) is 0 Å². The standard InChI is InChI=1S/C11H22N4O2/c1-3-14(4-2)11(16)15(9-5-6-9)8-7-10(12)13-17/h9,17H,3-8H2,1-2H3,(H2,12,13). The Bertz CT molecular complexity index is 285. The predicted octanol–water partition coefficient (Wildman–Crippen LogP) is 1.05. The molecular formula is C11H22N4O2. The normalized spacial score (nSPS) is 15.8. The SMILES string of the molecule is CCN(CC)C(=O)N(CCC(N)=NO)C1CC1. The zero-order chi connectivity index (χ0) is 12.8. The van der Waals surface area contributed by atoms with E-state index in [1.165, 1.54) is 0 Å². The Balaban J connectivity index is 2.56. The van der Waals surface area contributed by atoms with Crippen LogP contribution in [-0.2, 0) is 0 Å². The van der Waals surface area contributed by atoms with Gasteiger partial charge in [-0.3, -0.25) is 0 Å². The van der Waals surface area contributed by atoms with Crippen molar-refractivity contribution in [1.82, 2.24) is 9.80 Å². The number of hydrogen-bond acceptors (Lipinski definition) is 3. The van der Waals surface area contributed by atoms with E-state index in [0.717, 1.165) is 12.8 Å². The minimum absolute atomic E-state index is 0.0586. The van der Waals surface area contributed by atoms with Crippen LogP contribution in [0.15, 0.2) is 5.16 Å². The quantitative estimate of drug-likeness (QED) is 0.316. The third-order valence-corrected chi connectivity index (χ3v) is 3.00. The molecule has 0 aromatic carbocycles. The maximum absolute atomic E-state index is 12.2. The van der Waals surface area contributed by atoms with Crippen LogP contribution in [0, 0.1) is 0 Å². The third kappa shape index (κ3) is 3.80. The molecule has 0 aliphatic heterocycles. The molecule has 6 nitrogen and oxygen atoms in total. The molecule has 1 aliphatic rings. The average molecular weight is 242 g/mol. The maximum atomic E-state index is 12.2. The molecule has 0 saturated heterocycles. The molecule has 0 atom stereocenters. The highest BCUT2D eigenvalue weighted by Gasteiger charge is 2.33. The van der Waals surface area contributed by atoms with Crippen molar-refractivity contribution in [1.29, 1.82) is 0 Å². The summed E-state index contributed by atoms with van der Waals surface area (Å²) in [6.45, 7) is 5.88. The number of oxime groups is 1. The third-order valence-electron chi connectivity index (χ3n) is 3.00. The van der Waals surface area contributed by atoms with Gasteiger partial charge in [-0.05, 0) is 26.7 Å². The van der Waals surface area contributed by atoms with Crippen molar-refractivity contribution in [3.63, 3.8) is 0 Å². The first-order valence-corrected chi connectivity index (χ1v) is 6.15. The minimum Gasteiger partial charge on any atom is -0.409 e. The monoisotopic (exact) mass is 242 g/mol. The van der Waals surface area contributed by atoms with Gasteiger partial charge in [0.25, 0.3) is 0 Å². The molecule has 0 heterocycles. The fourth-order valence-corrected chi connectivity index (χ4v) is 1.78. The average Bonchev–Trinajstić information content (AvgIpc) is 3.15. The Hall–Kier alpha value is -1.46. The molecule has 1 saturated carbocycles. The number of rotatable bonds is 6. The fourth-order valence-electron chi connectivity index (χ4n) is 1.78. The molecular weight excluding hydrogens is 220 g/mol. The van der Waals surface area contributed by atoms with Crippen molar-refractivity contribution in [2.75, 3.05) is 19.6 Å². The number of carbonyl (C=O) groups excluding carboxylic acids is 1. The summed E-state index contributed by atoms with van der Waals surface area (Å²) in [5.74, 6) is 0.169. The molecule has 0 spiro atoms. The summed E-state index contributed by atoms with van der Waals surface area (Å²) in [6.07, 6.45) is 2.53. The first-order chi connectivity index (χ1) is 8.13. The van der Waals surface area contributed by atoms with Crippen LogP contribution < -0.4 is 5.73 Å². The number of urea groups is 1. The van der Waals surface area contributed by atoms with Crippen molar-refractivity contribution in [3.05, 3.63) is 0 Å². The Morgan fingerprint density at radius 3 is 2.41 bits per heavy atom. The van der Waals surface area contributed by atoms with Crippen LogP contribution in [0.4, 0.5) is 4.79 Å². The van der Waals surface area contributed by atoms with E-state index in [4.69, 9.17) is 10.9 Å². The van der Waals surface area contributed by atoms with Crippen LogP contribution in [0.1, 0.15) is 33.1 Å². The van der Waals surface area contributed by atoms with Crippen LogP contribution in [0.5, 0.6) is 0 Å². The number of nitrogens with zero attached hydrogens (tertiary/aromatic N) is 3. The second-order valence-electron chi connectivity index (χ2n) is 4.22. The molecule has 98 valence electrons. The van der Waals surface area contributed by atoms with Crippen LogP contribution in [0.3, 0.4) is 0 Å². The molecule has 0 bridgehead atoms. The van der Waals surface area contributed by atoms with Gasteiger partial charge in [0, 0.05) is 32.1 Å². The van der Waals surface area contributed by atoms with Gasteiger partial charge >= 0.3 is 6.03 Å². The van der Waals surface area contributed by atoms with E-state index < -0.39 is 0 Å². The second kappa shape index (κ2) is 6.32. The predicted molar refractivity (Wildman–Crippen MR) is 66.1 cm³/mol. The topological polar surface area (TPSA) is 82.2 Å². The summed E-state index contributed by atoms with van der Waals surface area (Å²) in [7, 11) is 0. The highest BCUT2D eigenvalue weighted by atomic mass is 16.4. The summed E-state index contributed by atoms with van der Waals surface area (Å²) >= 11 is 0. The number of amides is 2. The van der Waals surface area contributed by atoms with Gasteiger partial charge in [0.15, 0.2) is 0 Å². The molecule has 0 unspecified atom stereocenters. The van der Waals surface area contributed by atoms with E-state index in [1.807, 2.05) is 18.7 Å². The van der Waals surface area contributed by atoms with Crippen LogP contribution in [0.2, 0.25) is 0 Å². The van der Waals surface area contributed by atoms with Crippen molar-refractivity contribution in [2.45, 2.75) is 39.2 Å². The van der Waals surface area contributed by atoms with Gasteiger partial charge in [0.2, 0.25) is 0 Å². The van der Waals surface area contributed by atoms with E-state index in [9.17, 15) is 4.79 Å². The van der Waals surface area contributed by atoms with Gasteiger partial charge in [-0.25, -0.2) is 4.79 Å². The lowest BCUT2D eigenvalue weighted by molar-refractivity contribution is 0.155. The van der Waals surface area contributed by atoms with Crippen LogP contribution >= 0.6 is 0 Å². The second-order valence-corrected chi connectivity index (χ2v) is 4.22. The van der Waals surface area contributed by atoms with Crippen LogP contribution in [0.25, 0.3) is 0 Å². The Labute approximate surface area is 102 Å². The van der Waals surface area contributed by atoms with E-state index >= 15 is 0 Å². The molecule has 3 N–H and O–H groups in total. The van der Waals surface area contributed by atoms with Gasteiger partial charge in [-0.15, -0.1) is 0 Å². The summed E-state index contributed by atoms with van der Waals surface area (Å²) in [4.78, 5) is 15.8. The van der Waals surface area contributed by atoms with Crippen molar-refractivity contribution in [2.24, 2.45) is 10.9 Å². The van der Waals surface area contributed by atoms with Gasteiger partial charge in [0.1, 0.15) is 5.84 Å². The van der Waals surface area contributed by atoms with E-state index in [-0.39, 0.29) is 11.9 Å². The largest absolute Gasteiger partial charge is 0.409 e. The van der Waals surface area contributed by atoms with Gasteiger partial charge in [0.05, 0.1) is 0 Å². The van der Waals surface area contributed by atoms with Crippen molar-refractivity contribution >= 4 is 11.9 Å². The zero-order valence-corrected chi connectivity index (χ0v) is 10.6. The first-order valence-electron chi connectivity index (χ1n) is 6.15. The van der Waals surface area contributed by atoms with Gasteiger partial charge < -0.3 is 20.7 Å². The lowest BCUT2D eigenvalue weighted by Crippen LogP contribution is -2.45. The number of hydrogen-bond donors (Lipinski definition) is 2. The van der Waals surface area contributed by atoms with E-state index in [1.54, 1.807) is 4.90 Å². The molecule has 1 aliphatic carbocycles. The maximum Gasteiger partial charge on any atom is 0.320 e. The molecule has 0 radical (unpaired) electrons. The molecule has 0 aromatic rings. The minimum atomic E-state index is 0.0586. The molecule has 1 fully saturated rings. The van der Waals surface area contributed by atoms with Crippen molar-refractivity contribution < 1.29 is 10.0 Å². The summed E-state index contributed by atoms with van der Waals surface area (Å²) in [5.41, 5.74) is 5.43. The number of carbonyl (C=O) groups is 1. The lowest BCUT2D eigenvalue weighted by Gasteiger charge is -2.29. The lowest BCUT2D eigenvalue weighted by atomic mass is 10.3. The zero-order valence-electron chi connectivity index (χ0n) is 10.6. The fraction of sp³-hybridized carbons (Fsp3) is 0.818. The molecule has 1 rings (SSSR count). The Morgan fingerprint density at radius 2 is 2.00 bits per heavy atom. The smallest absolute Gasteiger partial charge is 0.320 e. The number of nitrogens with two attached hydrogens (primary N) is 1. The van der Waals surface area contributed by atoms with Gasteiger partial charge in [-0.2, -0.15) is 0 Å². The molecule has 0 aromatic heterocycles. The molecule has 17 heavy (non-hydrogen) atoms. The Morgan fingerprint density at radius 1 is 1.41 bits per heavy atom. The summed E-state index contributed by atoms with van der Waals surface area (Å²) in [6, 6.07) is 0.401. The van der Waals surface area contributed by atoms with E-state index in [0.29, 0.717) is 32.1 Å². The highest BCUT2D eigenvalue weighted by Crippen LogP contribution is 2.27. The molecule has 2 amide bonds. The molecule has 6 heteroatoms. The highest BCUT2D eigenvalue weighted by molar-refractivity contribution is 5.81. The number of amidine groups is 1. The van der Waals surface area contributed by atoms with Gasteiger partial charge in [-0.1, -0.05) is 5.16 Å². The van der Waals surface area contributed by atoms with Crippen LogP contribution in [-0.4, -0.2) is 52.5 Å². The summed E-state index contributed by atoms with van der Waals surface area (Å²) < 4.78 is 0. The van der Waals surface area contributed by atoms with E-state index in [2.05, 4.69) is 5.16 Å². The summed E-state index contributed by atoms with van der Waals surface area (Å²) in [5, 5.41) is 11.4. The Kier molecular flexibility index (Phi) is 5.06.